The van der Waals surface area contributed by atoms with Crippen LogP contribution < -0.4 is 5.32 Å². The van der Waals surface area contributed by atoms with E-state index < -0.39 is 5.97 Å². The molecule has 0 aliphatic carbocycles. The Morgan fingerprint density at radius 3 is 2.76 bits per heavy atom. The summed E-state index contributed by atoms with van der Waals surface area (Å²) in [7, 11) is 0. The van der Waals surface area contributed by atoms with E-state index in [9.17, 15) is 9.59 Å². The van der Waals surface area contributed by atoms with Crippen LogP contribution in [0.2, 0.25) is 0 Å². The fourth-order valence-corrected chi connectivity index (χ4v) is 3.71. The predicted molar refractivity (Wildman–Crippen MR) is 111 cm³/mol. The number of nitrogens with one attached hydrogen (secondary N) is 1. The third-order valence-corrected chi connectivity index (χ3v) is 5.23. The number of para-hydroxylation sites is 1. The molecule has 0 bridgehead atoms. The Balaban J connectivity index is 1.51. The van der Waals surface area contributed by atoms with Crippen LogP contribution in [-0.2, 0) is 11.3 Å². The number of thioether (sulfide) groups is 1. The number of carbonyl (C=O) groups excluding carboxylic acids is 1. The summed E-state index contributed by atoms with van der Waals surface area (Å²) >= 11 is 1.18. The molecule has 0 radical (unpaired) electrons. The number of aryl methyl sites for hydroxylation is 1. The summed E-state index contributed by atoms with van der Waals surface area (Å²) < 4.78 is 2.07. The van der Waals surface area contributed by atoms with Gasteiger partial charge in [0.05, 0.1) is 16.8 Å². The molecule has 2 aromatic carbocycles. The number of anilines is 1. The summed E-state index contributed by atoms with van der Waals surface area (Å²) in [5, 5.41) is 21.6. The highest BCUT2D eigenvalue weighted by Gasteiger charge is 2.14. The Kier molecular flexibility index (Phi) is 5.13. The van der Waals surface area contributed by atoms with Crippen LogP contribution in [0.1, 0.15) is 17.3 Å². The van der Waals surface area contributed by atoms with Crippen molar-refractivity contribution >= 4 is 51.4 Å². The van der Waals surface area contributed by atoms with E-state index in [4.69, 9.17) is 5.11 Å². The van der Waals surface area contributed by atoms with E-state index in [0.717, 1.165) is 28.6 Å². The van der Waals surface area contributed by atoms with E-state index >= 15 is 0 Å². The number of nitrogens with zero attached hydrogens (tertiary/aromatic N) is 4. The third-order valence-electron chi connectivity index (χ3n) is 4.40. The van der Waals surface area contributed by atoms with E-state index in [2.05, 4.69) is 25.1 Å². The highest BCUT2D eigenvalue weighted by atomic mass is 32.2. The molecule has 8 nitrogen and oxygen atoms in total. The van der Waals surface area contributed by atoms with Crippen LogP contribution in [0.3, 0.4) is 0 Å². The first kappa shape index (κ1) is 18.9. The Hall–Kier alpha value is -3.46. The summed E-state index contributed by atoms with van der Waals surface area (Å²) in [6.45, 7) is 2.78. The minimum atomic E-state index is -1.05. The summed E-state index contributed by atoms with van der Waals surface area (Å²) in [5.41, 5.74) is 3.06. The largest absolute Gasteiger partial charge is 0.478 e. The van der Waals surface area contributed by atoms with E-state index in [0.29, 0.717) is 10.8 Å². The van der Waals surface area contributed by atoms with Gasteiger partial charge in [0, 0.05) is 17.6 Å². The molecule has 146 valence electrons. The van der Waals surface area contributed by atoms with E-state index in [-0.39, 0.29) is 17.2 Å². The highest BCUT2D eigenvalue weighted by Crippen LogP contribution is 2.27. The third kappa shape index (κ3) is 3.77. The van der Waals surface area contributed by atoms with Crippen molar-refractivity contribution in [2.75, 3.05) is 11.1 Å². The molecule has 0 fully saturated rings. The van der Waals surface area contributed by atoms with Crippen molar-refractivity contribution in [3.63, 3.8) is 0 Å². The van der Waals surface area contributed by atoms with Crippen molar-refractivity contribution < 1.29 is 14.7 Å². The van der Waals surface area contributed by atoms with Crippen LogP contribution in [0.4, 0.5) is 5.69 Å². The number of benzene rings is 2. The summed E-state index contributed by atoms with van der Waals surface area (Å²) in [5.74, 6) is -1.25. The molecular weight excluding hydrogens is 390 g/mol. The van der Waals surface area contributed by atoms with Crippen LogP contribution in [-0.4, -0.2) is 42.5 Å². The molecule has 2 N–H and O–H groups in total. The average Bonchev–Trinajstić information content (AvgIpc) is 3.05. The van der Waals surface area contributed by atoms with Gasteiger partial charge in [-0.2, -0.15) is 0 Å². The Morgan fingerprint density at radius 1 is 1.14 bits per heavy atom. The number of carbonyl (C=O) groups is 2. The lowest BCUT2D eigenvalue weighted by molar-refractivity contribution is -0.113. The van der Waals surface area contributed by atoms with Gasteiger partial charge in [-0.05, 0) is 31.2 Å². The number of carboxylic acid groups (broad SMARTS) is 1. The second-order valence-corrected chi connectivity index (χ2v) is 7.19. The second-order valence-electron chi connectivity index (χ2n) is 6.25. The van der Waals surface area contributed by atoms with E-state index in [1.165, 1.54) is 23.9 Å². The van der Waals surface area contributed by atoms with Gasteiger partial charge in [0.2, 0.25) is 11.1 Å². The monoisotopic (exact) mass is 407 g/mol. The lowest BCUT2D eigenvalue weighted by atomic mass is 10.2. The lowest BCUT2D eigenvalue weighted by Crippen LogP contribution is -2.14. The maximum atomic E-state index is 12.2. The standard InChI is InChI=1S/C20H17N5O3S/c1-2-25-15-9-4-3-8-14(15)17-18(25)22-20(24-23-17)29-11-16(26)21-13-7-5-6-12(10-13)19(27)28/h3-10H,2,11H2,1H3,(H,21,26)(H,27,28). The topological polar surface area (TPSA) is 110 Å². The Bertz CT molecular complexity index is 1240. The number of hydrogen-bond donors (Lipinski definition) is 2. The normalized spacial score (nSPS) is 11.1. The van der Waals surface area contributed by atoms with Gasteiger partial charge in [-0.1, -0.05) is 36.0 Å². The molecule has 1 amide bonds. The number of aromatic nitrogens is 4. The van der Waals surface area contributed by atoms with Gasteiger partial charge in [-0.15, -0.1) is 10.2 Å². The number of amides is 1. The number of carboxylic acids is 1. The van der Waals surface area contributed by atoms with Gasteiger partial charge in [-0.3, -0.25) is 4.79 Å². The van der Waals surface area contributed by atoms with Crippen molar-refractivity contribution in [1.82, 2.24) is 19.7 Å². The molecule has 0 saturated carbocycles. The van der Waals surface area contributed by atoms with Crippen LogP contribution >= 0.6 is 11.8 Å². The maximum Gasteiger partial charge on any atom is 0.335 e. The highest BCUT2D eigenvalue weighted by molar-refractivity contribution is 7.99. The number of rotatable bonds is 6. The molecule has 2 heterocycles. The molecule has 0 saturated heterocycles. The zero-order chi connectivity index (χ0) is 20.4. The first-order valence-corrected chi connectivity index (χ1v) is 9.93. The minimum Gasteiger partial charge on any atom is -0.478 e. The maximum absolute atomic E-state index is 12.2. The smallest absolute Gasteiger partial charge is 0.335 e. The number of fused-ring (bicyclic) bond motifs is 3. The van der Waals surface area contributed by atoms with Crippen LogP contribution in [0.25, 0.3) is 22.1 Å². The summed E-state index contributed by atoms with van der Waals surface area (Å²) in [4.78, 5) is 27.9. The molecule has 9 heteroatoms. The number of aromatic carboxylic acids is 1. The molecule has 4 aromatic rings. The minimum absolute atomic E-state index is 0.0802. The molecule has 2 aromatic heterocycles. The molecule has 0 unspecified atom stereocenters. The van der Waals surface area contributed by atoms with Gasteiger partial charge >= 0.3 is 5.97 Å². The molecule has 4 rings (SSSR count). The van der Waals surface area contributed by atoms with Crippen molar-refractivity contribution in [1.29, 1.82) is 0 Å². The first-order chi connectivity index (χ1) is 14.1. The van der Waals surface area contributed by atoms with Gasteiger partial charge in [0.25, 0.3) is 0 Å². The Labute approximate surface area is 170 Å². The number of hydrogen-bond acceptors (Lipinski definition) is 6. The van der Waals surface area contributed by atoms with Gasteiger partial charge in [0.15, 0.2) is 5.65 Å². The van der Waals surface area contributed by atoms with Gasteiger partial charge in [0.1, 0.15) is 5.52 Å². The molecule has 0 atom stereocenters. The Morgan fingerprint density at radius 2 is 1.97 bits per heavy atom. The van der Waals surface area contributed by atoms with Crippen molar-refractivity contribution in [3.8, 4) is 0 Å². The SMILES string of the molecule is CCn1c2ccccc2c2nnc(SCC(=O)Nc3cccc(C(=O)O)c3)nc21. The zero-order valence-electron chi connectivity index (χ0n) is 15.5. The van der Waals surface area contributed by atoms with Crippen LogP contribution in [0, 0.1) is 0 Å². The molecular formula is C20H17N5O3S. The quantitative estimate of drug-likeness (QED) is 0.471. The molecule has 0 aliphatic heterocycles. The zero-order valence-corrected chi connectivity index (χ0v) is 16.3. The van der Waals surface area contributed by atoms with Crippen molar-refractivity contribution in [3.05, 3.63) is 54.1 Å². The summed E-state index contributed by atoms with van der Waals surface area (Å²) in [6.07, 6.45) is 0. The fourth-order valence-electron chi connectivity index (χ4n) is 3.13. The predicted octanol–water partition coefficient (Wildman–Crippen LogP) is 3.43. The van der Waals surface area contributed by atoms with E-state index in [1.54, 1.807) is 12.1 Å². The van der Waals surface area contributed by atoms with Crippen molar-refractivity contribution in [2.24, 2.45) is 0 Å². The molecule has 0 aliphatic rings. The molecule has 0 spiro atoms. The fraction of sp³-hybridized carbons (Fsp3) is 0.150. The second kappa shape index (κ2) is 7.88. The van der Waals surface area contributed by atoms with E-state index in [1.807, 2.05) is 31.2 Å². The van der Waals surface area contributed by atoms with Crippen LogP contribution in [0.15, 0.2) is 53.7 Å². The molecule has 29 heavy (non-hydrogen) atoms. The average molecular weight is 407 g/mol. The van der Waals surface area contributed by atoms with Gasteiger partial charge in [-0.25, -0.2) is 9.78 Å². The lowest BCUT2D eigenvalue weighted by Gasteiger charge is -2.06. The summed E-state index contributed by atoms with van der Waals surface area (Å²) in [6, 6.07) is 14.0. The first-order valence-electron chi connectivity index (χ1n) is 8.94. The van der Waals surface area contributed by atoms with Gasteiger partial charge < -0.3 is 15.0 Å². The van der Waals surface area contributed by atoms with Crippen LogP contribution in [0.5, 0.6) is 0 Å². The van der Waals surface area contributed by atoms with Crippen molar-refractivity contribution in [2.45, 2.75) is 18.6 Å².